The van der Waals surface area contributed by atoms with Gasteiger partial charge in [-0.3, -0.25) is 19.4 Å². The highest BCUT2D eigenvalue weighted by Crippen LogP contribution is 2.31. The lowest BCUT2D eigenvalue weighted by atomic mass is 10.0. The smallest absolute Gasteiger partial charge is 0.325 e. The predicted molar refractivity (Wildman–Crippen MR) is 155 cm³/mol. The Morgan fingerprint density at radius 3 is 2.44 bits per heavy atom. The number of hydrogen-bond acceptors (Lipinski definition) is 8. The van der Waals surface area contributed by atoms with Gasteiger partial charge in [0, 0.05) is 41.5 Å². The second kappa shape index (κ2) is 12.1. The lowest BCUT2D eigenvalue weighted by Gasteiger charge is -2.16. The molecule has 0 bridgehead atoms. The van der Waals surface area contributed by atoms with Crippen molar-refractivity contribution in [1.82, 2.24) is 14.5 Å². The van der Waals surface area contributed by atoms with E-state index in [9.17, 15) is 18.8 Å². The third kappa shape index (κ3) is 6.03. The van der Waals surface area contributed by atoms with Crippen LogP contribution in [0.3, 0.4) is 0 Å². The van der Waals surface area contributed by atoms with Crippen molar-refractivity contribution < 1.29 is 27.8 Å². The van der Waals surface area contributed by atoms with Crippen LogP contribution in [0.25, 0.3) is 22.0 Å². The minimum absolute atomic E-state index is 0.00634. The second-order valence-electron chi connectivity index (χ2n) is 9.38. The summed E-state index contributed by atoms with van der Waals surface area (Å²) < 4.78 is 41.1. The van der Waals surface area contributed by atoms with Crippen LogP contribution in [0.1, 0.15) is 23.0 Å². The molecule has 3 heterocycles. The van der Waals surface area contributed by atoms with E-state index < -0.39 is 28.9 Å². The number of nitrogens with zero attached hydrogens (tertiary/aromatic N) is 3. The number of nitrogens with two attached hydrogens (primary N) is 1. The number of anilines is 2. The molecule has 0 aliphatic carbocycles. The molecule has 3 N–H and O–H groups in total. The monoisotopic (exact) mass is 585 g/mol. The number of fused-ring (bicyclic) bond motifs is 1. The van der Waals surface area contributed by atoms with E-state index in [4.69, 9.17) is 15.2 Å². The standard InChI is InChI=1S/C31H25F2N5O5/c1-3-42-26(39)16-38-15-21(18-4-6-19(32)7-5-18)29(40)27-23(38)10-12-36-31(27)37-20-8-9-25(22(33)14-20)43-24-11-13-35-28(17(24)2)30(34)41/h4-15H,3,16H2,1-2H3,(H2,34,41)(H,36,37). The number of rotatable bonds is 9. The van der Waals surface area contributed by atoms with Crippen molar-refractivity contribution in [2.45, 2.75) is 20.4 Å². The molecule has 3 aromatic heterocycles. The number of ether oxygens (including phenoxy) is 2. The van der Waals surface area contributed by atoms with Crippen LogP contribution in [0.4, 0.5) is 20.3 Å². The summed E-state index contributed by atoms with van der Waals surface area (Å²) in [5.41, 5.74) is 6.52. The van der Waals surface area contributed by atoms with Gasteiger partial charge in [0.15, 0.2) is 11.6 Å². The Morgan fingerprint density at radius 1 is 1.00 bits per heavy atom. The number of pyridine rings is 3. The third-order valence-corrected chi connectivity index (χ3v) is 6.56. The van der Waals surface area contributed by atoms with Gasteiger partial charge in [-0.15, -0.1) is 0 Å². The number of esters is 1. The van der Waals surface area contributed by atoms with Crippen LogP contribution >= 0.6 is 0 Å². The van der Waals surface area contributed by atoms with Gasteiger partial charge in [0.05, 0.1) is 17.5 Å². The first-order valence-corrected chi connectivity index (χ1v) is 13.1. The largest absolute Gasteiger partial charge is 0.465 e. The number of hydrogen-bond donors (Lipinski definition) is 2. The van der Waals surface area contributed by atoms with Gasteiger partial charge in [-0.2, -0.15) is 0 Å². The van der Waals surface area contributed by atoms with Gasteiger partial charge >= 0.3 is 5.97 Å². The van der Waals surface area contributed by atoms with Gasteiger partial charge in [0.1, 0.15) is 29.6 Å². The number of amides is 1. The molecule has 218 valence electrons. The SMILES string of the molecule is CCOC(=O)Cn1cc(-c2ccc(F)cc2)c(=O)c2c(Nc3ccc(Oc4ccnc(C(N)=O)c4C)c(F)c3)nccc21. The first-order valence-electron chi connectivity index (χ1n) is 13.1. The Labute approximate surface area is 243 Å². The van der Waals surface area contributed by atoms with Gasteiger partial charge in [-0.1, -0.05) is 12.1 Å². The van der Waals surface area contributed by atoms with Crippen molar-refractivity contribution in [3.05, 3.63) is 106 Å². The summed E-state index contributed by atoms with van der Waals surface area (Å²) in [6, 6.07) is 12.5. The normalized spacial score (nSPS) is 10.9. The van der Waals surface area contributed by atoms with E-state index in [0.717, 1.165) is 6.07 Å². The zero-order valence-electron chi connectivity index (χ0n) is 23.1. The Morgan fingerprint density at radius 2 is 1.74 bits per heavy atom. The predicted octanol–water partition coefficient (Wildman–Crippen LogP) is 5.24. The molecule has 5 rings (SSSR count). The molecule has 0 spiro atoms. The van der Waals surface area contributed by atoms with Crippen LogP contribution in [0.5, 0.6) is 11.5 Å². The molecule has 10 nitrogen and oxygen atoms in total. The molecule has 5 aromatic rings. The van der Waals surface area contributed by atoms with Crippen molar-refractivity contribution in [3.63, 3.8) is 0 Å². The van der Waals surface area contributed by atoms with Gasteiger partial charge in [0.2, 0.25) is 5.43 Å². The maximum atomic E-state index is 15.2. The van der Waals surface area contributed by atoms with E-state index in [2.05, 4.69) is 15.3 Å². The number of halogens is 2. The molecular weight excluding hydrogens is 560 g/mol. The zero-order valence-corrected chi connectivity index (χ0v) is 23.1. The summed E-state index contributed by atoms with van der Waals surface area (Å²) in [6.45, 7) is 3.24. The van der Waals surface area contributed by atoms with Crippen LogP contribution < -0.4 is 21.2 Å². The molecule has 0 fully saturated rings. The van der Waals surface area contributed by atoms with Crippen LogP contribution in [0, 0.1) is 18.6 Å². The molecule has 2 aromatic carbocycles. The van der Waals surface area contributed by atoms with Crippen molar-refractivity contribution in [3.8, 4) is 22.6 Å². The molecule has 1 amide bonds. The number of carbonyl (C=O) groups is 2. The van der Waals surface area contributed by atoms with Crippen molar-refractivity contribution in [2.24, 2.45) is 5.73 Å². The van der Waals surface area contributed by atoms with Gasteiger partial charge < -0.3 is 25.1 Å². The van der Waals surface area contributed by atoms with E-state index in [1.54, 1.807) is 24.5 Å². The fourth-order valence-electron chi connectivity index (χ4n) is 4.53. The highest BCUT2D eigenvalue weighted by atomic mass is 19.1. The number of carbonyl (C=O) groups excluding carboxylic acids is 2. The van der Waals surface area contributed by atoms with E-state index in [-0.39, 0.29) is 52.8 Å². The van der Waals surface area contributed by atoms with Crippen LogP contribution in [-0.4, -0.2) is 33.0 Å². The maximum absolute atomic E-state index is 15.2. The van der Waals surface area contributed by atoms with Gasteiger partial charge in [-0.25, -0.2) is 13.8 Å². The Kier molecular flexibility index (Phi) is 8.10. The van der Waals surface area contributed by atoms with Crippen LogP contribution in [0.15, 0.2) is 78.0 Å². The fraction of sp³-hybridized carbons (Fsp3) is 0.129. The molecule has 0 aliphatic heterocycles. The summed E-state index contributed by atoms with van der Waals surface area (Å²) >= 11 is 0. The van der Waals surface area contributed by atoms with E-state index in [0.29, 0.717) is 16.6 Å². The highest BCUT2D eigenvalue weighted by Gasteiger charge is 2.18. The summed E-state index contributed by atoms with van der Waals surface area (Å²) in [6.07, 6.45) is 4.28. The summed E-state index contributed by atoms with van der Waals surface area (Å²) in [5.74, 6) is -2.29. The Bertz CT molecular complexity index is 1930. The maximum Gasteiger partial charge on any atom is 0.325 e. The minimum atomic E-state index is -0.742. The molecule has 0 unspecified atom stereocenters. The lowest BCUT2D eigenvalue weighted by molar-refractivity contribution is -0.143. The van der Waals surface area contributed by atoms with Gasteiger partial charge in [0.25, 0.3) is 5.91 Å². The lowest BCUT2D eigenvalue weighted by Crippen LogP contribution is -2.19. The molecular formula is C31H25F2N5O5. The molecule has 0 atom stereocenters. The summed E-state index contributed by atoms with van der Waals surface area (Å²) in [5, 5.41) is 3.11. The minimum Gasteiger partial charge on any atom is -0.465 e. The number of primary amides is 1. The highest BCUT2D eigenvalue weighted by molar-refractivity contribution is 5.94. The third-order valence-electron chi connectivity index (χ3n) is 6.56. The van der Waals surface area contributed by atoms with Crippen molar-refractivity contribution in [2.75, 3.05) is 11.9 Å². The average Bonchev–Trinajstić information content (AvgIpc) is 2.97. The van der Waals surface area contributed by atoms with Crippen molar-refractivity contribution in [1.29, 1.82) is 0 Å². The molecule has 12 heteroatoms. The van der Waals surface area contributed by atoms with E-state index in [1.807, 2.05) is 0 Å². The first-order chi connectivity index (χ1) is 20.7. The van der Waals surface area contributed by atoms with E-state index >= 15 is 4.39 Å². The van der Waals surface area contributed by atoms with Crippen molar-refractivity contribution >= 4 is 34.3 Å². The fourth-order valence-corrected chi connectivity index (χ4v) is 4.53. The quantitative estimate of drug-likeness (QED) is 0.224. The topological polar surface area (TPSA) is 138 Å². The number of nitrogens with one attached hydrogen (secondary N) is 1. The molecule has 0 saturated carbocycles. The van der Waals surface area contributed by atoms with Gasteiger partial charge in [-0.05, 0) is 55.8 Å². The van der Waals surface area contributed by atoms with Crippen LogP contribution in [0.2, 0.25) is 0 Å². The second-order valence-corrected chi connectivity index (χ2v) is 9.38. The first kappa shape index (κ1) is 28.9. The number of benzene rings is 2. The van der Waals surface area contributed by atoms with E-state index in [1.165, 1.54) is 61.1 Å². The number of aromatic nitrogens is 3. The Hall–Kier alpha value is -5.65. The van der Waals surface area contributed by atoms with Crippen LogP contribution in [-0.2, 0) is 16.1 Å². The summed E-state index contributed by atoms with van der Waals surface area (Å²) in [4.78, 5) is 46.0. The molecule has 0 saturated heterocycles. The molecule has 0 radical (unpaired) electrons. The zero-order chi connectivity index (χ0) is 30.7. The molecule has 0 aliphatic rings. The average molecular weight is 586 g/mol. The molecule has 43 heavy (non-hydrogen) atoms. The summed E-state index contributed by atoms with van der Waals surface area (Å²) in [7, 11) is 0. The Balaban J connectivity index is 1.55.